The average Bonchev–Trinajstić information content (AvgIpc) is 2.61. The van der Waals surface area contributed by atoms with Crippen LogP contribution in [0.4, 0.5) is 0 Å². The number of methoxy groups -OCH3 is 1. The largest absolute Gasteiger partial charge is 0.506 e. The second-order valence-corrected chi connectivity index (χ2v) is 6.63. The summed E-state index contributed by atoms with van der Waals surface area (Å²) in [6.45, 7) is 0. The second kappa shape index (κ2) is 7.68. The third kappa shape index (κ3) is 4.00. The number of ether oxygens (including phenoxy) is 1. The molecule has 0 atom stereocenters. The van der Waals surface area contributed by atoms with Gasteiger partial charge in [0, 0.05) is 17.4 Å². The van der Waals surface area contributed by atoms with Gasteiger partial charge in [0.2, 0.25) is 0 Å². The van der Waals surface area contributed by atoms with E-state index in [2.05, 4.69) is 0 Å². The molecule has 0 bridgehead atoms. The number of hydrogen-bond donors (Lipinski definition) is 1. The van der Waals surface area contributed by atoms with E-state index in [1.54, 1.807) is 18.2 Å². The molecule has 3 rings (SSSR count). The molecule has 6 heteroatoms. The van der Waals surface area contributed by atoms with Gasteiger partial charge in [-0.05, 0) is 23.8 Å². The molecular formula is C19H15ClO4S. The highest BCUT2D eigenvalue weighted by Crippen LogP contribution is 2.34. The molecule has 25 heavy (non-hydrogen) atoms. The van der Waals surface area contributed by atoms with Crippen molar-refractivity contribution in [3.8, 4) is 22.8 Å². The summed E-state index contributed by atoms with van der Waals surface area (Å²) in [5.41, 5.74) is 1.05. The lowest BCUT2D eigenvalue weighted by atomic mass is 10.1. The Labute approximate surface area is 154 Å². The second-order valence-electron chi connectivity index (χ2n) is 5.24. The quantitative estimate of drug-likeness (QED) is 0.639. The Morgan fingerprint density at radius 1 is 1.16 bits per heavy atom. The predicted octanol–water partition coefficient (Wildman–Crippen LogP) is 4.97. The number of hydrogen-bond acceptors (Lipinski definition) is 5. The van der Waals surface area contributed by atoms with Crippen LogP contribution in [0, 0.1) is 0 Å². The first-order valence-electron chi connectivity index (χ1n) is 7.46. The van der Waals surface area contributed by atoms with Gasteiger partial charge in [-0.2, -0.15) is 0 Å². The molecule has 0 spiro atoms. The Morgan fingerprint density at radius 3 is 2.56 bits per heavy atom. The summed E-state index contributed by atoms with van der Waals surface area (Å²) in [6, 6.07) is 16.1. The van der Waals surface area contributed by atoms with E-state index in [1.807, 2.05) is 30.3 Å². The summed E-state index contributed by atoms with van der Waals surface area (Å²) in [6.07, 6.45) is 0. The Hall–Kier alpha value is -2.37. The Kier molecular flexibility index (Phi) is 5.36. The SMILES string of the molecule is COc1ccc(-c2cc(O)c(SCc3ccccc3)c(=O)o2)cc1Cl. The minimum atomic E-state index is -0.581. The normalized spacial score (nSPS) is 10.6. The van der Waals surface area contributed by atoms with Gasteiger partial charge in [-0.25, -0.2) is 4.79 Å². The van der Waals surface area contributed by atoms with Crippen LogP contribution in [0.5, 0.6) is 11.5 Å². The summed E-state index contributed by atoms with van der Waals surface area (Å²) in [7, 11) is 1.52. The third-order valence-electron chi connectivity index (χ3n) is 3.55. The zero-order valence-corrected chi connectivity index (χ0v) is 14.9. The molecule has 0 saturated carbocycles. The molecule has 0 aliphatic heterocycles. The molecule has 0 aliphatic carbocycles. The number of thioether (sulfide) groups is 1. The van der Waals surface area contributed by atoms with E-state index < -0.39 is 5.63 Å². The molecule has 0 amide bonds. The summed E-state index contributed by atoms with van der Waals surface area (Å²) >= 11 is 7.33. The maximum absolute atomic E-state index is 12.3. The van der Waals surface area contributed by atoms with E-state index in [0.29, 0.717) is 22.1 Å². The van der Waals surface area contributed by atoms with Crippen molar-refractivity contribution in [1.29, 1.82) is 0 Å². The van der Waals surface area contributed by atoms with E-state index in [9.17, 15) is 9.90 Å². The highest BCUT2D eigenvalue weighted by atomic mass is 35.5. The van der Waals surface area contributed by atoms with Gasteiger partial charge >= 0.3 is 5.63 Å². The van der Waals surface area contributed by atoms with Crippen LogP contribution in [0.25, 0.3) is 11.3 Å². The first-order chi connectivity index (χ1) is 12.1. The van der Waals surface area contributed by atoms with Gasteiger partial charge in [-0.3, -0.25) is 0 Å². The molecule has 128 valence electrons. The van der Waals surface area contributed by atoms with Crippen LogP contribution in [-0.4, -0.2) is 12.2 Å². The standard InChI is InChI=1S/C19H15ClO4S/c1-23-16-8-7-13(9-14(16)20)17-10-15(21)18(19(22)24-17)25-11-12-5-3-2-4-6-12/h2-10,21H,11H2,1H3. The fourth-order valence-corrected chi connectivity index (χ4v) is 3.42. The predicted molar refractivity (Wildman–Crippen MR) is 99.6 cm³/mol. The van der Waals surface area contributed by atoms with Gasteiger partial charge in [0.05, 0.1) is 12.1 Å². The molecular weight excluding hydrogens is 360 g/mol. The molecule has 0 saturated heterocycles. The minimum absolute atomic E-state index is 0.112. The van der Waals surface area contributed by atoms with E-state index >= 15 is 0 Å². The van der Waals surface area contributed by atoms with Crippen molar-refractivity contribution in [2.45, 2.75) is 10.6 Å². The van der Waals surface area contributed by atoms with Crippen LogP contribution >= 0.6 is 23.4 Å². The van der Waals surface area contributed by atoms with Crippen molar-refractivity contribution < 1.29 is 14.3 Å². The van der Waals surface area contributed by atoms with Crippen LogP contribution in [0.2, 0.25) is 5.02 Å². The minimum Gasteiger partial charge on any atom is -0.506 e. The van der Waals surface area contributed by atoms with Gasteiger partial charge in [0.25, 0.3) is 0 Å². The Balaban J connectivity index is 1.87. The maximum atomic E-state index is 12.3. The molecule has 0 aliphatic rings. The van der Waals surface area contributed by atoms with Crippen molar-refractivity contribution in [1.82, 2.24) is 0 Å². The topological polar surface area (TPSA) is 59.7 Å². The molecule has 1 heterocycles. The lowest BCUT2D eigenvalue weighted by molar-refractivity contribution is 0.415. The highest BCUT2D eigenvalue weighted by Gasteiger charge is 2.14. The van der Waals surface area contributed by atoms with Gasteiger partial charge in [-0.15, -0.1) is 11.8 Å². The summed E-state index contributed by atoms with van der Waals surface area (Å²) in [5.74, 6) is 1.22. The van der Waals surface area contributed by atoms with Crippen LogP contribution < -0.4 is 10.4 Å². The zero-order valence-electron chi connectivity index (χ0n) is 13.4. The average molecular weight is 375 g/mol. The van der Waals surface area contributed by atoms with Crippen LogP contribution in [0.15, 0.2) is 68.7 Å². The molecule has 0 unspecified atom stereocenters. The van der Waals surface area contributed by atoms with Crippen LogP contribution in [-0.2, 0) is 5.75 Å². The number of rotatable bonds is 5. The molecule has 0 fully saturated rings. The zero-order chi connectivity index (χ0) is 17.8. The monoisotopic (exact) mass is 374 g/mol. The summed E-state index contributed by atoms with van der Waals surface area (Å²) in [4.78, 5) is 12.4. The van der Waals surface area contributed by atoms with E-state index in [4.69, 9.17) is 20.8 Å². The van der Waals surface area contributed by atoms with Crippen molar-refractivity contribution in [3.63, 3.8) is 0 Å². The molecule has 2 aromatic carbocycles. The number of halogens is 1. The van der Waals surface area contributed by atoms with Gasteiger partial charge in [-0.1, -0.05) is 41.9 Å². The molecule has 4 nitrogen and oxygen atoms in total. The fraction of sp³-hybridized carbons (Fsp3) is 0.105. The first-order valence-corrected chi connectivity index (χ1v) is 8.82. The van der Waals surface area contributed by atoms with Crippen LogP contribution in [0.1, 0.15) is 5.56 Å². The molecule has 1 N–H and O–H groups in total. The lowest BCUT2D eigenvalue weighted by Crippen LogP contribution is -2.03. The van der Waals surface area contributed by atoms with Crippen molar-refractivity contribution in [2.24, 2.45) is 0 Å². The fourth-order valence-electron chi connectivity index (χ4n) is 2.29. The maximum Gasteiger partial charge on any atom is 0.353 e. The highest BCUT2D eigenvalue weighted by molar-refractivity contribution is 7.98. The van der Waals surface area contributed by atoms with Crippen LogP contribution in [0.3, 0.4) is 0 Å². The van der Waals surface area contributed by atoms with Crippen molar-refractivity contribution >= 4 is 23.4 Å². The number of aromatic hydroxyl groups is 1. The van der Waals surface area contributed by atoms with Crippen molar-refractivity contribution in [2.75, 3.05) is 7.11 Å². The van der Waals surface area contributed by atoms with E-state index in [0.717, 1.165) is 5.56 Å². The first kappa shape index (κ1) is 17.5. The summed E-state index contributed by atoms with van der Waals surface area (Å²) in [5, 5.41) is 10.6. The van der Waals surface area contributed by atoms with E-state index in [-0.39, 0.29) is 16.4 Å². The number of benzene rings is 2. The van der Waals surface area contributed by atoms with Gasteiger partial charge in [0.1, 0.15) is 22.2 Å². The van der Waals surface area contributed by atoms with E-state index in [1.165, 1.54) is 24.9 Å². The third-order valence-corrected chi connectivity index (χ3v) is 4.99. The molecule has 1 aromatic heterocycles. The van der Waals surface area contributed by atoms with Crippen molar-refractivity contribution in [3.05, 3.63) is 75.6 Å². The molecule has 0 radical (unpaired) electrons. The smallest absolute Gasteiger partial charge is 0.353 e. The summed E-state index contributed by atoms with van der Waals surface area (Å²) < 4.78 is 10.5. The van der Waals surface area contributed by atoms with Gasteiger partial charge < -0.3 is 14.3 Å². The van der Waals surface area contributed by atoms with Gasteiger partial charge in [0.15, 0.2) is 0 Å². The molecule has 3 aromatic rings. The lowest BCUT2D eigenvalue weighted by Gasteiger charge is -2.08. The Morgan fingerprint density at radius 2 is 1.92 bits per heavy atom. The Bertz CT molecular complexity index is 938.